The SMILES string of the molecule is CC(C)CN1C(=O)C(Nc2ccc(C(C)C)cc2)=C(Sc2ccc(NC(=O)c3ccc([N+](=O)[O-])cc3)cc2)C1=O. The van der Waals surface area contributed by atoms with Crippen molar-refractivity contribution in [3.05, 3.63) is 105 Å². The van der Waals surface area contributed by atoms with E-state index in [2.05, 4.69) is 24.5 Å². The lowest BCUT2D eigenvalue weighted by Crippen LogP contribution is -2.35. The smallest absolute Gasteiger partial charge is 0.278 e. The molecule has 2 N–H and O–H groups in total. The molecule has 0 saturated carbocycles. The van der Waals surface area contributed by atoms with Gasteiger partial charge in [-0.25, -0.2) is 0 Å². The van der Waals surface area contributed by atoms with Gasteiger partial charge in [0.05, 0.1) is 4.92 Å². The molecule has 0 radical (unpaired) electrons. The van der Waals surface area contributed by atoms with Crippen molar-refractivity contribution < 1.29 is 19.3 Å². The minimum absolute atomic E-state index is 0.0967. The normalized spacial score (nSPS) is 13.4. The molecule has 9 nitrogen and oxygen atoms in total. The van der Waals surface area contributed by atoms with E-state index in [0.29, 0.717) is 33.6 Å². The summed E-state index contributed by atoms with van der Waals surface area (Å²) in [7, 11) is 0. The van der Waals surface area contributed by atoms with E-state index >= 15 is 0 Å². The Kier molecular flexibility index (Phi) is 8.69. The zero-order chi connectivity index (χ0) is 29.0. The summed E-state index contributed by atoms with van der Waals surface area (Å²) in [5.41, 5.74) is 2.83. The van der Waals surface area contributed by atoms with Crippen molar-refractivity contribution >= 4 is 46.5 Å². The molecule has 206 valence electrons. The van der Waals surface area contributed by atoms with Crippen molar-refractivity contribution in [3.63, 3.8) is 0 Å². The molecule has 0 unspecified atom stereocenters. The van der Waals surface area contributed by atoms with Gasteiger partial charge in [0.25, 0.3) is 23.4 Å². The van der Waals surface area contributed by atoms with E-state index in [0.717, 1.165) is 0 Å². The van der Waals surface area contributed by atoms with E-state index in [1.165, 1.54) is 46.5 Å². The van der Waals surface area contributed by atoms with Crippen molar-refractivity contribution in [2.24, 2.45) is 5.92 Å². The number of hydrogen-bond acceptors (Lipinski definition) is 7. The number of rotatable bonds is 10. The first-order valence-electron chi connectivity index (χ1n) is 12.8. The summed E-state index contributed by atoms with van der Waals surface area (Å²) in [6.45, 7) is 8.43. The monoisotopic (exact) mass is 558 g/mol. The quantitative estimate of drug-likeness (QED) is 0.167. The van der Waals surface area contributed by atoms with Crippen LogP contribution in [0.5, 0.6) is 0 Å². The number of carbonyl (C=O) groups is 3. The first kappa shape index (κ1) is 28.6. The first-order valence-corrected chi connectivity index (χ1v) is 13.7. The van der Waals surface area contributed by atoms with Gasteiger partial charge in [-0.15, -0.1) is 0 Å². The van der Waals surface area contributed by atoms with Gasteiger partial charge in [-0.1, -0.05) is 51.6 Å². The number of benzene rings is 3. The molecule has 3 aromatic rings. The Balaban J connectivity index is 1.52. The highest BCUT2D eigenvalue weighted by atomic mass is 32.2. The van der Waals surface area contributed by atoms with Gasteiger partial charge in [-0.3, -0.25) is 29.4 Å². The number of thioether (sulfide) groups is 1. The molecule has 0 aromatic heterocycles. The van der Waals surface area contributed by atoms with Gasteiger partial charge in [-0.05, 0) is 65.9 Å². The summed E-state index contributed by atoms with van der Waals surface area (Å²) in [5, 5.41) is 16.8. The second kappa shape index (κ2) is 12.2. The Morgan fingerprint density at radius 1 is 0.875 bits per heavy atom. The third-order valence-electron chi connectivity index (χ3n) is 6.19. The fourth-order valence-corrected chi connectivity index (χ4v) is 4.99. The van der Waals surface area contributed by atoms with Crippen LogP contribution < -0.4 is 10.6 Å². The number of nitro groups is 1. The number of anilines is 2. The van der Waals surface area contributed by atoms with Gasteiger partial charge < -0.3 is 10.6 Å². The maximum atomic E-state index is 13.3. The Labute approximate surface area is 236 Å². The van der Waals surface area contributed by atoms with Crippen LogP contribution in [0.15, 0.2) is 88.3 Å². The zero-order valence-electron chi connectivity index (χ0n) is 22.6. The summed E-state index contributed by atoms with van der Waals surface area (Å²) >= 11 is 1.19. The first-order chi connectivity index (χ1) is 19.0. The van der Waals surface area contributed by atoms with Crippen LogP contribution in [-0.4, -0.2) is 34.1 Å². The van der Waals surface area contributed by atoms with Crippen LogP contribution in [0, 0.1) is 16.0 Å². The molecule has 0 spiro atoms. The third kappa shape index (κ3) is 6.58. The molecule has 1 aliphatic rings. The summed E-state index contributed by atoms with van der Waals surface area (Å²) in [6, 6.07) is 20.0. The van der Waals surface area contributed by atoms with Crippen LogP contribution in [0.25, 0.3) is 0 Å². The number of non-ortho nitro benzene ring substituents is 1. The Morgan fingerprint density at radius 2 is 1.48 bits per heavy atom. The maximum absolute atomic E-state index is 13.3. The molecule has 1 heterocycles. The predicted octanol–water partition coefficient (Wildman–Crippen LogP) is 6.41. The van der Waals surface area contributed by atoms with E-state index in [-0.39, 0.29) is 34.7 Å². The fraction of sp³-hybridized carbons (Fsp3) is 0.233. The minimum Gasteiger partial charge on any atom is -0.350 e. The summed E-state index contributed by atoms with van der Waals surface area (Å²) < 4.78 is 0. The predicted molar refractivity (Wildman–Crippen MR) is 156 cm³/mol. The van der Waals surface area contributed by atoms with Crippen molar-refractivity contribution in [2.45, 2.75) is 38.5 Å². The highest BCUT2D eigenvalue weighted by Crippen LogP contribution is 2.36. The minimum atomic E-state index is -0.526. The molecule has 0 atom stereocenters. The van der Waals surface area contributed by atoms with Crippen molar-refractivity contribution in [2.75, 3.05) is 17.2 Å². The van der Waals surface area contributed by atoms with Gasteiger partial charge in [0.15, 0.2) is 0 Å². The Hall–Kier alpha value is -4.44. The standard InChI is InChI=1S/C30H30N4O5S/c1-18(2)17-33-29(36)26(31-22-9-5-20(6-10-22)19(3)4)27(30(33)37)40-25-15-11-23(12-16-25)32-28(35)21-7-13-24(14-8-21)34(38)39/h5-16,18-19,31H,17H2,1-4H3,(H,32,35). The lowest BCUT2D eigenvalue weighted by molar-refractivity contribution is -0.384. The van der Waals surface area contributed by atoms with Crippen LogP contribution in [0.3, 0.4) is 0 Å². The average molecular weight is 559 g/mol. The summed E-state index contributed by atoms with van der Waals surface area (Å²) in [6.07, 6.45) is 0. The maximum Gasteiger partial charge on any atom is 0.278 e. The van der Waals surface area contributed by atoms with E-state index < -0.39 is 10.8 Å². The fourth-order valence-electron chi connectivity index (χ4n) is 4.05. The second-order valence-electron chi connectivity index (χ2n) is 10.1. The average Bonchev–Trinajstić information content (AvgIpc) is 3.13. The molecule has 0 bridgehead atoms. The van der Waals surface area contributed by atoms with Gasteiger partial charge >= 0.3 is 0 Å². The largest absolute Gasteiger partial charge is 0.350 e. The molecule has 40 heavy (non-hydrogen) atoms. The van der Waals surface area contributed by atoms with Crippen molar-refractivity contribution in [1.82, 2.24) is 4.90 Å². The molecule has 0 aliphatic carbocycles. The zero-order valence-corrected chi connectivity index (χ0v) is 23.5. The molecule has 0 fully saturated rings. The molecular weight excluding hydrogens is 528 g/mol. The van der Waals surface area contributed by atoms with Gasteiger partial charge in [0.1, 0.15) is 10.6 Å². The van der Waals surface area contributed by atoms with Crippen LogP contribution in [-0.2, 0) is 9.59 Å². The molecule has 0 saturated heterocycles. The van der Waals surface area contributed by atoms with Crippen LogP contribution >= 0.6 is 11.8 Å². The van der Waals surface area contributed by atoms with Crippen LogP contribution in [0.2, 0.25) is 0 Å². The molecule has 1 aliphatic heterocycles. The van der Waals surface area contributed by atoms with Crippen LogP contribution in [0.1, 0.15) is 49.5 Å². The van der Waals surface area contributed by atoms with E-state index in [1.54, 1.807) is 24.3 Å². The van der Waals surface area contributed by atoms with Crippen molar-refractivity contribution in [3.8, 4) is 0 Å². The number of carbonyl (C=O) groups excluding carboxylic acids is 3. The number of hydrogen-bond donors (Lipinski definition) is 2. The topological polar surface area (TPSA) is 122 Å². The summed E-state index contributed by atoms with van der Waals surface area (Å²) in [4.78, 5) is 51.8. The van der Waals surface area contributed by atoms with Gasteiger partial charge in [0, 0.05) is 40.5 Å². The van der Waals surface area contributed by atoms with Gasteiger partial charge in [0.2, 0.25) is 0 Å². The number of amides is 3. The highest BCUT2D eigenvalue weighted by molar-refractivity contribution is 8.04. The summed E-state index contributed by atoms with van der Waals surface area (Å²) in [5.74, 6) is -0.629. The number of nitrogens with one attached hydrogen (secondary N) is 2. The molecule has 3 aromatic carbocycles. The number of imide groups is 1. The van der Waals surface area contributed by atoms with E-state index in [4.69, 9.17) is 0 Å². The van der Waals surface area contributed by atoms with E-state index in [1.807, 2.05) is 38.1 Å². The Bertz CT molecular complexity index is 1460. The number of nitro benzene ring substituents is 1. The number of nitrogens with zero attached hydrogens (tertiary/aromatic N) is 2. The molecular formula is C30H30N4O5S. The van der Waals surface area contributed by atoms with E-state index in [9.17, 15) is 24.5 Å². The third-order valence-corrected chi connectivity index (χ3v) is 7.28. The second-order valence-corrected chi connectivity index (χ2v) is 11.2. The molecule has 10 heteroatoms. The van der Waals surface area contributed by atoms with Crippen LogP contribution in [0.4, 0.5) is 17.1 Å². The lowest BCUT2D eigenvalue weighted by Gasteiger charge is -2.17. The lowest BCUT2D eigenvalue weighted by atomic mass is 10.0. The highest BCUT2D eigenvalue weighted by Gasteiger charge is 2.39. The van der Waals surface area contributed by atoms with Crippen molar-refractivity contribution in [1.29, 1.82) is 0 Å². The Morgan fingerprint density at radius 3 is 2.02 bits per heavy atom. The molecule has 4 rings (SSSR count). The molecule has 3 amide bonds. The van der Waals surface area contributed by atoms with Gasteiger partial charge in [-0.2, -0.15) is 0 Å².